The number of hydrogen-bond donors (Lipinski definition) is 1. The number of allylic oxidation sites excluding steroid dienone is 2. The molecule has 3 nitrogen and oxygen atoms in total. The molecule has 1 N–H and O–H groups in total. The fourth-order valence-corrected chi connectivity index (χ4v) is 3.06. The van der Waals surface area contributed by atoms with Crippen LogP contribution in [0.5, 0.6) is 11.5 Å². The first-order valence-electron chi connectivity index (χ1n) is 8.10. The molecule has 1 aliphatic rings. The molecule has 0 aromatic heterocycles. The fourth-order valence-electron chi connectivity index (χ4n) is 2.93. The largest absolute Gasteiger partial charge is 0.512 e. The molecule has 1 aliphatic carbocycles. The third-order valence-electron chi connectivity index (χ3n) is 4.17. The molecule has 0 saturated carbocycles. The van der Waals surface area contributed by atoms with Crippen molar-refractivity contribution in [2.24, 2.45) is 0 Å². The highest BCUT2D eigenvalue weighted by atomic mass is 35.5. The summed E-state index contributed by atoms with van der Waals surface area (Å²) in [6, 6.07) is 12.8. The fraction of sp³-hybridized carbons (Fsp3) is 0.250. The average molecular weight is 343 g/mol. The molecule has 0 atom stereocenters. The van der Waals surface area contributed by atoms with Gasteiger partial charge in [-0.15, -0.1) is 0 Å². The Morgan fingerprint density at radius 3 is 2.46 bits per heavy atom. The van der Waals surface area contributed by atoms with Crippen LogP contribution in [0.1, 0.15) is 37.3 Å². The molecule has 0 spiro atoms. The van der Waals surface area contributed by atoms with Gasteiger partial charge in [-0.3, -0.25) is 4.79 Å². The molecule has 0 aliphatic heterocycles. The highest BCUT2D eigenvalue weighted by Gasteiger charge is 2.24. The lowest BCUT2D eigenvalue weighted by molar-refractivity contribution is -0.114. The van der Waals surface area contributed by atoms with Crippen molar-refractivity contribution in [1.82, 2.24) is 0 Å². The van der Waals surface area contributed by atoms with Gasteiger partial charge in [-0.1, -0.05) is 24.6 Å². The number of rotatable bonds is 4. The highest BCUT2D eigenvalue weighted by Crippen LogP contribution is 2.34. The molecule has 0 heterocycles. The van der Waals surface area contributed by atoms with Crippen LogP contribution < -0.4 is 4.74 Å². The minimum Gasteiger partial charge on any atom is -0.512 e. The van der Waals surface area contributed by atoms with Gasteiger partial charge in [-0.05, 0) is 60.4 Å². The summed E-state index contributed by atoms with van der Waals surface area (Å²) < 4.78 is 5.86. The number of aliphatic hydroxyl groups excluding tert-OH is 1. The van der Waals surface area contributed by atoms with E-state index in [1.807, 2.05) is 25.1 Å². The van der Waals surface area contributed by atoms with Crippen LogP contribution in [-0.2, 0) is 11.2 Å². The molecule has 0 radical (unpaired) electrons. The van der Waals surface area contributed by atoms with E-state index in [9.17, 15) is 9.90 Å². The van der Waals surface area contributed by atoms with Crippen molar-refractivity contribution in [1.29, 1.82) is 0 Å². The quantitative estimate of drug-likeness (QED) is 0.773. The van der Waals surface area contributed by atoms with Gasteiger partial charge in [0.1, 0.15) is 17.3 Å². The van der Waals surface area contributed by atoms with Gasteiger partial charge in [-0.25, -0.2) is 0 Å². The Balaban J connectivity index is 1.99. The maximum Gasteiger partial charge on any atom is 0.166 e. The number of Topliss-reactive ketones (excluding diaryl/α,β-unsaturated/α-hetero) is 1. The van der Waals surface area contributed by atoms with Crippen molar-refractivity contribution in [2.45, 2.75) is 32.6 Å². The molecule has 0 bridgehead atoms. The summed E-state index contributed by atoms with van der Waals surface area (Å²) in [4.78, 5) is 12.3. The second-order valence-electron chi connectivity index (χ2n) is 5.83. The molecule has 0 amide bonds. The summed E-state index contributed by atoms with van der Waals surface area (Å²) in [5.74, 6) is 1.48. The minimum absolute atomic E-state index is 0.00269. The number of aliphatic hydroxyl groups is 1. The van der Waals surface area contributed by atoms with Gasteiger partial charge in [-0.2, -0.15) is 0 Å². The molecule has 0 fully saturated rings. The predicted molar refractivity (Wildman–Crippen MR) is 95.8 cm³/mol. The summed E-state index contributed by atoms with van der Waals surface area (Å²) in [7, 11) is 0. The van der Waals surface area contributed by atoms with Crippen molar-refractivity contribution < 1.29 is 14.6 Å². The number of ether oxygens (including phenoxy) is 1. The minimum atomic E-state index is -0.00269. The third kappa shape index (κ3) is 3.46. The Morgan fingerprint density at radius 2 is 1.79 bits per heavy atom. The van der Waals surface area contributed by atoms with Crippen LogP contribution in [0.4, 0.5) is 0 Å². The smallest absolute Gasteiger partial charge is 0.166 e. The van der Waals surface area contributed by atoms with E-state index in [1.54, 1.807) is 24.3 Å². The first kappa shape index (κ1) is 16.6. The van der Waals surface area contributed by atoms with Gasteiger partial charge >= 0.3 is 0 Å². The highest BCUT2D eigenvalue weighted by molar-refractivity contribution is 6.30. The summed E-state index contributed by atoms with van der Waals surface area (Å²) in [6.45, 7) is 2.03. The number of ketones is 1. The number of carbonyl (C=O) groups excluding carboxylic acids is 1. The predicted octanol–water partition coefficient (Wildman–Crippen LogP) is 5.72. The Bertz CT molecular complexity index is 791. The molecular weight excluding hydrogens is 324 g/mol. The summed E-state index contributed by atoms with van der Waals surface area (Å²) in [6.07, 6.45) is 2.51. The van der Waals surface area contributed by atoms with E-state index in [-0.39, 0.29) is 11.5 Å². The molecule has 24 heavy (non-hydrogen) atoms. The summed E-state index contributed by atoms with van der Waals surface area (Å²) in [5, 5.41) is 10.9. The van der Waals surface area contributed by atoms with Gasteiger partial charge < -0.3 is 9.84 Å². The SMILES string of the molecule is CCc1ccc(Oc2ccc(Cl)cc2)cc1C1=C(O)CCCC1=O. The van der Waals surface area contributed by atoms with Gasteiger partial charge in [0.25, 0.3) is 0 Å². The Hall–Kier alpha value is -2.26. The van der Waals surface area contributed by atoms with E-state index in [2.05, 4.69) is 0 Å². The number of hydrogen-bond acceptors (Lipinski definition) is 3. The molecule has 0 saturated heterocycles. The van der Waals surface area contributed by atoms with E-state index in [0.29, 0.717) is 41.4 Å². The zero-order valence-corrected chi connectivity index (χ0v) is 14.3. The first-order valence-corrected chi connectivity index (χ1v) is 8.48. The van der Waals surface area contributed by atoms with Gasteiger partial charge in [0.15, 0.2) is 5.78 Å². The Labute approximate surface area is 146 Å². The van der Waals surface area contributed by atoms with Crippen molar-refractivity contribution in [3.63, 3.8) is 0 Å². The molecular formula is C20H19ClO3. The van der Waals surface area contributed by atoms with Crippen molar-refractivity contribution in [3.8, 4) is 11.5 Å². The van der Waals surface area contributed by atoms with E-state index in [4.69, 9.17) is 16.3 Å². The maximum absolute atomic E-state index is 12.3. The van der Waals surface area contributed by atoms with E-state index in [0.717, 1.165) is 17.5 Å². The average Bonchev–Trinajstić information content (AvgIpc) is 2.57. The lowest BCUT2D eigenvalue weighted by atomic mass is 9.87. The van der Waals surface area contributed by atoms with Gasteiger partial charge in [0.05, 0.1) is 5.57 Å². The molecule has 124 valence electrons. The van der Waals surface area contributed by atoms with Crippen LogP contribution in [0.2, 0.25) is 5.02 Å². The van der Waals surface area contributed by atoms with Crippen molar-refractivity contribution in [3.05, 3.63) is 64.4 Å². The molecule has 0 unspecified atom stereocenters. The number of carbonyl (C=O) groups is 1. The lowest BCUT2D eigenvalue weighted by Crippen LogP contribution is -2.12. The number of aryl methyl sites for hydroxylation is 1. The maximum atomic E-state index is 12.3. The van der Waals surface area contributed by atoms with Crippen LogP contribution in [0.15, 0.2) is 48.2 Å². The second kappa shape index (κ2) is 7.10. The first-order chi connectivity index (χ1) is 11.6. The summed E-state index contributed by atoms with van der Waals surface area (Å²) in [5.41, 5.74) is 2.24. The van der Waals surface area contributed by atoms with Crippen LogP contribution in [-0.4, -0.2) is 10.9 Å². The van der Waals surface area contributed by atoms with Gasteiger partial charge in [0.2, 0.25) is 0 Å². The number of halogens is 1. The Kier molecular flexibility index (Phi) is 4.91. The molecule has 3 rings (SSSR count). The van der Waals surface area contributed by atoms with Crippen LogP contribution in [0.3, 0.4) is 0 Å². The molecule has 4 heteroatoms. The number of benzene rings is 2. The monoisotopic (exact) mass is 342 g/mol. The van der Waals surface area contributed by atoms with Gasteiger partial charge in [0, 0.05) is 17.9 Å². The Morgan fingerprint density at radius 1 is 1.08 bits per heavy atom. The van der Waals surface area contributed by atoms with Crippen molar-refractivity contribution >= 4 is 23.0 Å². The van der Waals surface area contributed by atoms with Crippen molar-refractivity contribution in [2.75, 3.05) is 0 Å². The zero-order valence-electron chi connectivity index (χ0n) is 13.5. The van der Waals surface area contributed by atoms with Crippen LogP contribution in [0.25, 0.3) is 5.57 Å². The zero-order chi connectivity index (χ0) is 17.1. The molecule has 2 aromatic carbocycles. The van der Waals surface area contributed by atoms with Crippen LogP contribution in [0, 0.1) is 0 Å². The van der Waals surface area contributed by atoms with Crippen LogP contribution >= 0.6 is 11.6 Å². The van der Waals surface area contributed by atoms with E-state index in [1.165, 1.54) is 0 Å². The lowest BCUT2D eigenvalue weighted by Gasteiger charge is -2.18. The van der Waals surface area contributed by atoms with E-state index < -0.39 is 0 Å². The normalized spacial score (nSPS) is 14.8. The standard InChI is InChI=1S/C20H19ClO3/c1-2-13-6-9-16(24-15-10-7-14(21)8-11-15)12-17(13)20-18(22)4-3-5-19(20)23/h6-12,22H,2-5H2,1H3. The molecule has 2 aromatic rings. The second-order valence-corrected chi connectivity index (χ2v) is 6.26. The van der Waals surface area contributed by atoms with E-state index >= 15 is 0 Å². The third-order valence-corrected chi connectivity index (χ3v) is 4.42. The topological polar surface area (TPSA) is 46.5 Å². The summed E-state index contributed by atoms with van der Waals surface area (Å²) >= 11 is 5.89.